The molecule has 2 unspecified atom stereocenters. The minimum Gasteiger partial charge on any atom is -0.321 e. The van der Waals surface area contributed by atoms with E-state index in [9.17, 15) is 4.79 Å². The highest BCUT2D eigenvalue weighted by Gasteiger charge is 2.50. The molecule has 1 aliphatic heterocycles. The molecule has 2 heterocycles. The van der Waals surface area contributed by atoms with Crippen molar-refractivity contribution < 1.29 is 4.79 Å². The van der Waals surface area contributed by atoms with Crippen molar-refractivity contribution in [3.8, 4) is 5.69 Å². The third-order valence-electron chi connectivity index (χ3n) is 5.46. The molecule has 2 fully saturated rings. The van der Waals surface area contributed by atoms with Crippen LogP contribution in [0, 0.1) is 10.8 Å². The number of benzene rings is 1. The lowest BCUT2D eigenvalue weighted by molar-refractivity contribution is 0.130. The van der Waals surface area contributed by atoms with Crippen molar-refractivity contribution in [2.75, 3.05) is 11.9 Å². The molecule has 132 valence electrons. The summed E-state index contributed by atoms with van der Waals surface area (Å²) in [6.07, 6.45) is 6.80. The number of nitrogens with zero attached hydrogens (tertiary/aromatic N) is 4. The van der Waals surface area contributed by atoms with Crippen molar-refractivity contribution in [1.82, 2.24) is 19.9 Å². The number of carbonyl (C=O) groups excluding carboxylic acids is 1. The van der Waals surface area contributed by atoms with Gasteiger partial charge in [0.25, 0.3) is 0 Å². The van der Waals surface area contributed by atoms with E-state index < -0.39 is 0 Å². The van der Waals surface area contributed by atoms with E-state index >= 15 is 0 Å². The maximum atomic E-state index is 12.9. The fourth-order valence-corrected chi connectivity index (χ4v) is 4.96. The summed E-state index contributed by atoms with van der Waals surface area (Å²) in [6, 6.07) is 8.03. The van der Waals surface area contributed by atoms with Gasteiger partial charge >= 0.3 is 6.03 Å². The van der Waals surface area contributed by atoms with Crippen molar-refractivity contribution in [1.29, 1.82) is 0 Å². The van der Waals surface area contributed by atoms with Gasteiger partial charge in [0.15, 0.2) is 0 Å². The Labute approximate surface area is 148 Å². The molecular formula is C19H25N5O. The smallest absolute Gasteiger partial charge is 0.321 e. The average molecular weight is 339 g/mol. The van der Waals surface area contributed by atoms with Crippen LogP contribution < -0.4 is 5.32 Å². The van der Waals surface area contributed by atoms with Crippen LogP contribution in [0.1, 0.15) is 40.0 Å². The molecule has 1 N–H and O–H groups in total. The first-order valence-electron chi connectivity index (χ1n) is 8.88. The van der Waals surface area contributed by atoms with Crippen LogP contribution in [0.15, 0.2) is 36.7 Å². The van der Waals surface area contributed by atoms with Gasteiger partial charge in [-0.1, -0.05) is 32.1 Å². The molecule has 2 atom stereocenters. The molecule has 2 amide bonds. The Bertz CT molecular complexity index is 785. The SMILES string of the molecule is CC1(C)CC2CC(C)(CN2C(=O)Nc2cccc(-n3ccnn3)c2)C1. The standard InChI is InChI=1S/C19H25N5O/c1-18(2)10-16-11-19(3,12-18)13-23(16)17(25)21-14-5-4-6-15(9-14)24-8-7-20-22-24/h4-9,16H,10-13H2,1-3H3,(H,21,25). The molecular weight excluding hydrogens is 314 g/mol. The van der Waals surface area contributed by atoms with Crippen LogP contribution in [0.4, 0.5) is 10.5 Å². The first-order chi connectivity index (χ1) is 11.8. The number of carbonyl (C=O) groups is 1. The van der Waals surface area contributed by atoms with Gasteiger partial charge < -0.3 is 10.2 Å². The predicted octanol–water partition coefficient (Wildman–Crippen LogP) is 3.70. The van der Waals surface area contributed by atoms with Crippen LogP contribution >= 0.6 is 0 Å². The van der Waals surface area contributed by atoms with Gasteiger partial charge in [0, 0.05) is 18.3 Å². The Balaban J connectivity index is 1.51. The summed E-state index contributed by atoms with van der Waals surface area (Å²) in [5.41, 5.74) is 2.21. The number of hydrogen-bond acceptors (Lipinski definition) is 3. The lowest BCUT2D eigenvalue weighted by Crippen LogP contribution is -2.40. The number of anilines is 1. The van der Waals surface area contributed by atoms with Crippen LogP contribution in [0.3, 0.4) is 0 Å². The molecule has 0 spiro atoms. The Kier molecular flexibility index (Phi) is 3.60. The number of likely N-dealkylation sites (tertiary alicyclic amines) is 1. The van der Waals surface area contributed by atoms with E-state index in [4.69, 9.17) is 0 Å². The summed E-state index contributed by atoms with van der Waals surface area (Å²) in [5.74, 6) is 0. The zero-order chi connectivity index (χ0) is 17.7. The number of fused-ring (bicyclic) bond motifs is 2. The third-order valence-corrected chi connectivity index (χ3v) is 5.46. The Morgan fingerprint density at radius 2 is 2.12 bits per heavy atom. The van der Waals surface area contributed by atoms with Crippen LogP contribution in [0.2, 0.25) is 0 Å². The number of hydrogen-bond donors (Lipinski definition) is 1. The summed E-state index contributed by atoms with van der Waals surface area (Å²) in [4.78, 5) is 14.9. The summed E-state index contributed by atoms with van der Waals surface area (Å²) in [6.45, 7) is 7.80. The highest BCUT2D eigenvalue weighted by atomic mass is 16.2. The fraction of sp³-hybridized carbons (Fsp3) is 0.526. The number of amides is 2. The minimum absolute atomic E-state index is 0.00200. The van der Waals surface area contributed by atoms with Gasteiger partial charge in [0.1, 0.15) is 0 Å². The number of nitrogens with one attached hydrogen (secondary N) is 1. The minimum atomic E-state index is 0.00200. The lowest BCUT2D eigenvalue weighted by atomic mass is 9.65. The van der Waals surface area contributed by atoms with Crippen LogP contribution in [0.5, 0.6) is 0 Å². The summed E-state index contributed by atoms with van der Waals surface area (Å²) < 4.78 is 1.68. The second-order valence-electron chi connectivity index (χ2n) is 8.67. The maximum absolute atomic E-state index is 12.9. The van der Waals surface area contributed by atoms with E-state index in [0.29, 0.717) is 11.5 Å². The first kappa shape index (κ1) is 16.1. The quantitative estimate of drug-likeness (QED) is 0.907. The fourth-order valence-electron chi connectivity index (χ4n) is 4.96. The van der Waals surface area contributed by atoms with Crippen molar-refractivity contribution in [3.05, 3.63) is 36.7 Å². The maximum Gasteiger partial charge on any atom is 0.322 e. The van der Waals surface area contributed by atoms with Gasteiger partial charge in [-0.3, -0.25) is 0 Å². The molecule has 1 saturated heterocycles. The average Bonchev–Trinajstić information content (AvgIpc) is 3.12. The van der Waals surface area contributed by atoms with Crippen molar-refractivity contribution in [2.45, 2.75) is 46.1 Å². The van der Waals surface area contributed by atoms with Gasteiger partial charge in [-0.25, -0.2) is 9.48 Å². The molecule has 0 radical (unpaired) electrons. The van der Waals surface area contributed by atoms with Crippen molar-refractivity contribution in [2.24, 2.45) is 10.8 Å². The Morgan fingerprint density at radius 3 is 2.88 bits per heavy atom. The Morgan fingerprint density at radius 1 is 1.28 bits per heavy atom. The largest absolute Gasteiger partial charge is 0.322 e. The van der Waals surface area contributed by atoms with E-state index in [1.165, 1.54) is 6.42 Å². The molecule has 4 rings (SSSR count). The molecule has 6 heteroatoms. The molecule has 1 aromatic heterocycles. The zero-order valence-electron chi connectivity index (χ0n) is 15.1. The highest BCUT2D eigenvalue weighted by Crippen LogP contribution is 2.52. The van der Waals surface area contributed by atoms with Gasteiger partial charge in [-0.05, 0) is 48.3 Å². The normalized spacial score (nSPS) is 27.3. The van der Waals surface area contributed by atoms with Crippen LogP contribution in [-0.2, 0) is 0 Å². The van der Waals surface area contributed by atoms with Crippen LogP contribution in [0.25, 0.3) is 5.69 Å². The molecule has 25 heavy (non-hydrogen) atoms. The van der Waals surface area contributed by atoms with E-state index in [2.05, 4.69) is 36.4 Å². The zero-order valence-corrected chi connectivity index (χ0v) is 15.1. The van der Waals surface area contributed by atoms with Gasteiger partial charge in [-0.15, -0.1) is 5.10 Å². The molecule has 2 bridgehead atoms. The summed E-state index contributed by atoms with van der Waals surface area (Å²) in [7, 11) is 0. The first-order valence-corrected chi connectivity index (χ1v) is 8.88. The molecule has 2 aromatic rings. The third kappa shape index (κ3) is 3.13. The lowest BCUT2D eigenvalue weighted by Gasteiger charge is -2.39. The second kappa shape index (κ2) is 5.58. The van der Waals surface area contributed by atoms with E-state index in [1.54, 1.807) is 17.1 Å². The molecule has 2 aliphatic rings. The highest BCUT2D eigenvalue weighted by molar-refractivity contribution is 5.90. The van der Waals surface area contributed by atoms with Gasteiger partial charge in [0.2, 0.25) is 0 Å². The van der Waals surface area contributed by atoms with E-state index in [-0.39, 0.29) is 11.4 Å². The van der Waals surface area contributed by atoms with Crippen molar-refractivity contribution >= 4 is 11.7 Å². The topological polar surface area (TPSA) is 63.1 Å². The molecule has 1 saturated carbocycles. The number of urea groups is 1. The number of rotatable bonds is 2. The monoisotopic (exact) mass is 339 g/mol. The van der Waals surface area contributed by atoms with Gasteiger partial charge in [0.05, 0.1) is 18.1 Å². The van der Waals surface area contributed by atoms with Crippen LogP contribution in [-0.4, -0.2) is 38.5 Å². The molecule has 6 nitrogen and oxygen atoms in total. The summed E-state index contributed by atoms with van der Waals surface area (Å²) in [5, 5.41) is 10.9. The predicted molar refractivity (Wildman–Crippen MR) is 96.6 cm³/mol. The Hall–Kier alpha value is -2.37. The number of aromatic nitrogens is 3. The van der Waals surface area contributed by atoms with Crippen molar-refractivity contribution in [3.63, 3.8) is 0 Å². The van der Waals surface area contributed by atoms with E-state index in [1.807, 2.05) is 29.2 Å². The molecule has 1 aromatic carbocycles. The molecule has 1 aliphatic carbocycles. The van der Waals surface area contributed by atoms with E-state index in [0.717, 1.165) is 30.8 Å². The summed E-state index contributed by atoms with van der Waals surface area (Å²) >= 11 is 0. The second-order valence-corrected chi connectivity index (χ2v) is 8.67. The van der Waals surface area contributed by atoms with Gasteiger partial charge in [-0.2, -0.15) is 0 Å².